The van der Waals surface area contributed by atoms with Gasteiger partial charge in [-0.05, 0) is 48.6 Å². The van der Waals surface area contributed by atoms with Crippen molar-refractivity contribution in [2.75, 3.05) is 5.32 Å². The van der Waals surface area contributed by atoms with Gasteiger partial charge in [-0.15, -0.1) is 11.3 Å². The summed E-state index contributed by atoms with van der Waals surface area (Å²) in [7, 11) is 0. The normalized spacial score (nSPS) is 11.9. The third kappa shape index (κ3) is 4.22. The van der Waals surface area contributed by atoms with E-state index in [4.69, 9.17) is 0 Å². The van der Waals surface area contributed by atoms with Gasteiger partial charge in [-0.25, -0.2) is 9.97 Å². The molecule has 146 valence electrons. The Hall–Kier alpha value is -3.39. The van der Waals surface area contributed by atoms with Gasteiger partial charge in [0.1, 0.15) is 0 Å². The average molecular weight is 404 g/mol. The van der Waals surface area contributed by atoms with Gasteiger partial charge in [0.25, 0.3) is 5.91 Å². The van der Waals surface area contributed by atoms with Gasteiger partial charge >= 0.3 is 0 Å². The van der Waals surface area contributed by atoms with Gasteiger partial charge < -0.3 is 10.6 Å². The first-order valence-corrected chi connectivity index (χ1v) is 10.1. The fourth-order valence-corrected chi connectivity index (χ4v) is 3.89. The second-order valence-corrected chi connectivity index (χ2v) is 7.54. The molecule has 1 atom stereocenters. The van der Waals surface area contributed by atoms with Crippen LogP contribution in [0.5, 0.6) is 0 Å². The highest BCUT2D eigenvalue weighted by molar-refractivity contribution is 7.17. The predicted molar refractivity (Wildman–Crippen MR) is 114 cm³/mol. The van der Waals surface area contributed by atoms with E-state index in [-0.39, 0.29) is 11.9 Å². The highest BCUT2D eigenvalue weighted by Crippen LogP contribution is 2.28. The molecule has 0 aromatic carbocycles. The minimum absolute atomic E-state index is 0.0982. The number of amides is 1. The molecule has 4 rings (SSSR count). The smallest absolute Gasteiger partial charge is 0.271 e. The molecule has 0 saturated heterocycles. The number of rotatable bonds is 6. The highest BCUT2D eigenvalue weighted by Gasteiger charge is 2.19. The molecule has 8 heteroatoms. The summed E-state index contributed by atoms with van der Waals surface area (Å²) in [4.78, 5) is 30.5. The van der Waals surface area contributed by atoms with Gasteiger partial charge in [-0.3, -0.25) is 14.8 Å². The van der Waals surface area contributed by atoms with Crippen molar-refractivity contribution in [3.63, 3.8) is 0 Å². The Labute approximate surface area is 172 Å². The maximum Gasteiger partial charge on any atom is 0.271 e. The van der Waals surface area contributed by atoms with E-state index in [2.05, 4.69) is 30.6 Å². The van der Waals surface area contributed by atoms with Crippen molar-refractivity contribution < 1.29 is 4.79 Å². The quantitative estimate of drug-likeness (QED) is 0.506. The lowest BCUT2D eigenvalue weighted by Gasteiger charge is -2.14. The second-order valence-electron chi connectivity index (χ2n) is 6.66. The molecular formula is C21H20N6OS. The second kappa shape index (κ2) is 8.32. The van der Waals surface area contributed by atoms with Gasteiger partial charge in [0.15, 0.2) is 5.69 Å². The molecule has 29 heavy (non-hydrogen) atoms. The largest absolute Gasteiger partial charge is 0.347 e. The fraction of sp³-hybridized carbons (Fsp3) is 0.190. The van der Waals surface area contributed by atoms with Gasteiger partial charge in [-0.2, -0.15) is 0 Å². The average Bonchev–Trinajstić information content (AvgIpc) is 3.13. The molecule has 4 heterocycles. The summed E-state index contributed by atoms with van der Waals surface area (Å²) in [5, 5.41) is 8.18. The van der Waals surface area contributed by atoms with Crippen LogP contribution in [-0.2, 0) is 6.54 Å². The van der Waals surface area contributed by atoms with Crippen molar-refractivity contribution in [3.05, 3.63) is 76.8 Å². The Bertz CT molecular complexity index is 1130. The molecule has 4 aromatic rings. The van der Waals surface area contributed by atoms with E-state index in [1.807, 2.05) is 49.6 Å². The summed E-state index contributed by atoms with van der Waals surface area (Å²) in [6, 6.07) is 9.41. The van der Waals surface area contributed by atoms with Crippen molar-refractivity contribution in [2.24, 2.45) is 0 Å². The zero-order chi connectivity index (χ0) is 20.2. The van der Waals surface area contributed by atoms with Crippen LogP contribution in [0.15, 0.2) is 54.3 Å². The SMILES string of the molecule is Cc1csc2c(C(=O)NCc3cccnc3)nc(N[C@@H](C)c3ccccn3)nc12. The van der Waals surface area contributed by atoms with Crippen molar-refractivity contribution in [1.29, 1.82) is 0 Å². The van der Waals surface area contributed by atoms with Crippen LogP contribution >= 0.6 is 11.3 Å². The molecule has 4 aromatic heterocycles. The molecule has 2 N–H and O–H groups in total. The molecule has 0 fully saturated rings. The monoisotopic (exact) mass is 404 g/mol. The fourth-order valence-electron chi connectivity index (χ4n) is 2.92. The van der Waals surface area contributed by atoms with E-state index in [1.165, 1.54) is 11.3 Å². The highest BCUT2D eigenvalue weighted by atomic mass is 32.1. The number of aromatic nitrogens is 4. The first-order chi connectivity index (χ1) is 14.1. The van der Waals surface area contributed by atoms with Crippen LogP contribution in [0.3, 0.4) is 0 Å². The summed E-state index contributed by atoms with van der Waals surface area (Å²) in [5.41, 5.74) is 3.97. The van der Waals surface area contributed by atoms with E-state index < -0.39 is 0 Å². The first-order valence-electron chi connectivity index (χ1n) is 9.22. The Morgan fingerprint density at radius 2 is 2.07 bits per heavy atom. The summed E-state index contributed by atoms with van der Waals surface area (Å²) >= 11 is 1.48. The summed E-state index contributed by atoms with van der Waals surface area (Å²) in [6.45, 7) is 4.35. The van der Waals surface area contributed by atoms with E-state index >= 15 is 0 Å². The molecule has 0 radical (unpaired) electrons. The first kappa shape index (κ1) is 18.9. The number of pyridine rings is 2. The number of carbonyl (C=O) groups is 1. The van der Waals surface area contributed by atoms with Gasteiger partial charge in [-0.1, -0.05) is 12.1 Å². The van der Waals surface area contributed by atoms with Crippen LogP contribution in [0.1, 0.15) is 40.3 Å². The maximum absolute atomic E-state index is 12.9. The number of hydrogen-bond donors (Lipinski definition) is 2. The molecule has 7 nitrogen and oxygen atoms in total. The van der Waals surface area contributed by atoms with Crippen LogP contribution in [0.4, 0.5) is 5.95 Å². The number of nitrogens with zero attached hydrogens (tertiary/aromatic N) is 4. The van der Waals surface area contributed by atoms with Gasteiger partial charge in [0.2, 0.25) is 5.95 Å². The Kier molecular flexibility index (Phi) is 5.44. The standard InChI is InChI=1S/C21H20N6OS/c1-13-12-29-19-17(13)26-21(25-14(2)16-7-3-4-9-23-16)27-18(19)20(28)24-11-15-6-5-8-22-10-15/h3-10,12,14H,11H2,1-2H3,(H,24,28)(H,25,26,27)/t14-/m0/s1. The van der Waals surface area contributed by atoms with Crippen LogP contribution in [-0.4, -0.2) is 25.8 Å². The zero-order valence-electron chi connectivity index (χ0n) is 16.1. The molecule has 1 amide bonds. The minimum Gasteiger partial charge on any atom is -0.347 e. The third-order valence-corrected chi connectivity index (χ3v) is 5.55. The molecule has 0 unspecified atom stereocenters. The lowest BCUT2D eigenvalue weighted by atomic mass is 10.2. The van der Waals surface area contributed by atoms with Crippen LogP contribution in [0.25, 0.3) is 10.2 Å². The molecule has 0 saturated carbocycles. The van der Waals surface area contributed by atoms with Crippen LogP contribution in [0.2, 0.25) is 0 Å². The van der Waals surface area contributed by atoms with Crippen molar-refractivity contribution in [1.82, 2.24) is 25.3 Å². The summed E-state index contributed by atoms with van der Waals surface area (Å²) in [5.74, 6) is 0.167. The minimum atomic E-state index is -0.239. The van der Waals surface area contributed by atoms with Crippen LogP contribution < -0.4 is 10.6 Å². The van der Waals surface area contributed by atoms with Crippen LogP contribution in [0, 0.1) is 6.92 Å². The summed E-state index contributed by atoms with van der Waals surface area (Å²) < 4.78 is 0.780. The number of aryl methyl sites for hydroxylation is 1. The van der Waals surface area contributed by atoms with Crippen molar-refractivity contribution >= 4 is 33.4 Å². The maximum atomic E-state index is 12.9. The van der Waals surface area contributed by atoms with Crippen molar-refractivity contribution in [2.45, 2.75) is 26.4 Å². The molecule has 0 spiro atoms. The molecular weight excluding hydrogens is 384 g/mol. The lowest BCUT2D eigenvalue weighted by Crippen LogP contribution is -2.24. The number of thiophene rings is 1. The lowest BCUT2D eigenvalue weighted by molar-refractivity contribution is 0.0948. The number of carbonyl (C=O) groups excluding carboxylic acids is 1. The van der Waals surface area contributed by atoms with Gasteiger partial charge in [0.05, 0.1) is 22.0 Å². The van der Waals surface area contributed by atoms with E-state index in [0.717, 1.165) is 27.0 Å². The van der Waals surface area contributed by atoms with Gasteiger partial charge in [0, 0.05) is 25.1 Å². The Balaban J connectivity index is 1.61. The van der Waals surface area contributed by atoms with E-state index in [1.54, 1.807) is 18.6 Å². The molecule has 0 aliphatic carbocycles. The van der Waals surface area contributed by atoms with E-state index in [9.17, 15) is 4.79 Å². The predicted octanol–water partition coefficient (Wildman–Crippen LogP) is 3.89. The zero-order valence-corrected chi connectivity index (χ0v) is 16.9. The molecule has 0 aliphatic heterocycles. The van der Waals surface area contributed by atoms with E-state index in [0.29, 0.717) is 18.2 Å². The van der Waals surface area contributed by atoms with Crippen molar-refractivity contribution in [3.8, 4) is 0 Å². The Morgan fingerprint density at radius 1 is 1.17 bits per heavy atom. The number of fused-ring (bicyclic) bond motifs is 1. The molecule has 0 aliphatic rings. The third-order valence-electron chi connectivity index (χ3n) is 4.46. The summed E-state index contributed by atoms with van der Waals surface area (Å²) in [6.07, 6.45) is 5.18. The number of nitrogens with one attached hydrogen (secondary N) is 2. The number of anilines is 1. The Morgan fingerprint density at radius 3 is 2.83 bits per heavy atom. The topological polar surface area (TPSA) is 92.7 Å². The molecule has 0 bridgehead atoms. The number of hydrogen-bond acceptors (Lipinski definition) is 7.